The molecule has 1 unspecified atom stereocenters. The molecule has 0 aliphatic heterocycles. The van der Waals surface area contributed by atoms with E-state index < -0.39 is 0 Å². The number of unbranched alkanes of at least 4 members (excludes halogenated alkanes) is 1. The molecule has 1 aliphatic carbocycles. The number of hydrogen-bond acceptors (Lipinski definition) is 3. The Hall–Kier alpha value is -0.590. The van der Waals surface area contributed by atoms with Crippen LogP contribution in [0.15, 0.2) is 0 Å². The van der Waals surface area contributed by atoms with E-state index in [1.54, 1.807) is 0 Å². The molecule has 3 heteroatoms. The monoisotopic (exact) mass is 251 g/mol. The molecule has 1 aliphatic rings. The summed E-state index contributed by atoms with van der Waals surface area (Å²) in [7, 11) is 2.24. The summed E-state index contributed by atoms with van der Waals surface area (Å²) in [6, 6.07) is 3.84. The van der Waals surface area contributed by atoms with Crippen molar-refractivity contribution in [1.29, 1.82) is 5.26 Å². The fraction of sp³-hybridized carbons (Fsp3) is 0.933. The number of hydrogen-bond donors (Lipinski definition) is 1. The van der Waals surface area contributed by atoms with Crippen LogP contribution in [0.25, 0.3) is 0 Å². The molecule has 1 rings (SSSR count). The summed E-state index contributed by atoms with van der Waals surface area (Å²) >= 11 is 0. The number of nitrogens with one attached hydrogen (secondary N) is 1. The van der Waals surface area contributed by atoms with Crippen molar-refractivity contribution in [3.05, 3.63) is 0 Å². The Bertz CT molecular complexity index is 276. The fourth-order valence-corrected chi connectivity index (χ4v) is 2.17. The molecule has 18 heavy (non-hydrogen) atoms. The van der Waals surface area contributed by atoms with Crippen molar-refractivity contribution in [1.82, 2.24) is 10.2 Å². The van der Waals surface area contributed by atoms with E-state index in [1.807, 2.05) is 13.8 Å². The van der Waals surface area contributed by atoms with Crippen molar-refractivity contribution >= 4 is 0 Å². The van der Waals surface area contributed by atoms with Gasteiger partial charge in [0.2, 0.25) is 0 Å². The standard InChI is InChI=1S/C15H29N3/c1-13(18(4)14-7-8-14)11-17-10-6-5-9-15(2,3)12-16/h13-14,17H,5-11H2,1-4H3. The third-order valence-electron chi connectivity index (χ3n) is 3.97. The lowest BCUT2D eigenvalue weighted by Crippen LogP contribution is -2.39. The van der Waals surface area contributed by atoms with E-state index in [0.717, 1.165) is 32.0 Å². The first kappa shape index (κ1) is 15.5. The van der Waals surface area contributed by atoms with E-state index in [4.69, 9.17) is 5.26 Å². The molecule has 0 amide bonds. The van der Waals surface area contributed by atoms with Crippen LogP contribution in [0.5, 0.6) is 0 Å². The van der Waals surface area contributed by atoms with Crippen LogP contribution >= 0.6 is 0 Å². The molecule has 0 aromatic carbocycles. The highest BCUT2D eigenvalue weighted by Gasteiger charge is 2.28. The first-order valence-electron chi connectivity index (χ1n) is 7.30. The van der Waals surface area contributed by atoms with Gasteiger partial charge in [0.25, 0.3) is 0 Å². The van der Waals surface area contributed by atoms with Gasteiger partial charge in [-0.1, -0.05) is 6.42 Å². The Balaban J connectivity index is 1.97. The molecule has 0 radical (unpaired) electrons. The van der Waals surface area contributed by atoms with Crippen molar-refractivity contribution in [2.75, 3.05) is 20.1 Å². The Morgan fingerprint density at radius 3 is 2.61 bits per heavy atom. The zero-order chi connectivity index (χ0) is 13.6. The van der Waals surface area contributed by atoms with Crippen LogP contribution in [0.3, 0.4) is 0 Å². The van der Waals surface area contributed by atoms with Gasteiger partial charge < -0.3 is 5.32 Å². The summed E-state index contributed by atoms with van der Waals surface area (Å²) in [4.78, 5) is 2.49. The van der Waals surface area contributed by atoms with E-state index in [2.05, 4.69) is 30.3 Å². The lowest BCUT2D eigenvalue weighted by atomic mass is 9.89. The molecular formula is C15H29N3. The molecule has 0 heterocycles. The van der Waals surface area contributed by atoms with Gasteiger partial charge in [0.15, 0.2) is 0 Å². The van der Waals surface area contributed by atoms with Crippen molar-refractivity contribution < 1.29 is 0 Å². The van der Waals surface area contributed by atoms with Gasteiger partial charge in [-0.05, 0) is 60.0 Å². The summed E-state index contributed by atoms with van der Waals surface area (Å²) < 4.78 is 0. The second kappa shape index (κ2) is 7.11. The van der Waals surface area contributed by atoms with Crippen LogP contribution in [0.2, 0.25) is 0 Å². The second-order valence-electron chi connectivity index (χ2n) is 6.40. The Labute approximate surface area is 113 Å². The van der Waals surface area contributed by atoms with Crippen molar-refractivity contribution in [2.45, 2.75) is 65.0 Å². The number of nitriles is 1. The first-order valence-corrected chi connectivity index (χ1v) is 7.30. The molecule has 1 saturated carbocycles. The third kappa shape index (κ3) is 5.84. The Morgan fingerprint density at radius 2 is 2.06 bits per heavy atom. The van der Waals surface area contributed by atoms with Gasteiger partial charge in [0.1, 0.15) is 0 Å². The number of nitrogens with zero attached hydrogens (tertiary/aromatic N) is 2. The van der Waals surface area contributed by atoms with Crippen LogP contribution in [0.1, 0.15) is 52.9 Å². The molecule has 0 aromatic rings. The molecule has 0 bridgehead atoms. The predicted octanol–water partition coefficient (Wildman–Crippen LogP) is 2.78. The van der Waals surface area contributed by atoms with E-state index in [-0.39, 0.29) is 5.41 Å². The molecule has 1 atom stereocenters. The zero-order valence-electron chi connectivity index (χ0n) is 12.5. The second-order valence-corrected chi connectivity index (χ2v) is 6.40. The predicted molar refractivity (Wildman–Crippen MR) is 76.4 cm³/mol. The SMILES string of the molecule is CC(CNCCCCC(C)(C)C#N)N(C)C1CC1. The highest BCUT2D eigenvalue weighted by Crippen LogP contribution is 2.26. The lowest BCUT2D eigenvalue weighted by Gasteiger charge is -2.24. The van der Waals surface area contributed by atoms with Gasteiger partial charge in [-0.3, -0.25) is 4.90 Å². The van der Waals surface area contributed by atoms with Crippen LogP contribution in [0.4, 0.5) is 0 Å². The molecular weight excluding hydrogens is 222 g/mol. The van der Waals surface area contributed by atoms with Gasteiger partial charge in [-0.25, -0.2) is 0 Å². The average Bonchev–Trinajstić information content (AvgIpc) is 3.16. The van der Waals surface area contributed by atoms with Crippen LogP contribution in [-0.4, -0.2) is 37.1 Å². The van der Waals surface area contributed by atoms with Gasteiger partial charge in [-0.15, -0.1) is 0 Å². The van der Waals surface area contributed by atoms with E-state index in [9.17, 15) is 0 Å². The van der Waals surface area contributed by atoms with Crippen molar-refractivity contribution in [2.24, 2.45) is 5.41 Å². The highest BCUT2D eigenvalue weighted by molar-refractivity contribution is 4.91. The molecule has 1 fully saturated rings. The fourth-order valence-electron chi connectivity index (χ4n) is 2.17. The molecule has 1 N–H and O–H groups in total. The topological polar surface area (TPSA) is 39.1 Å². The maximum atomic E-state index is 8.92. The summed E-state index contributed by atoms with van der Waals surface area (Å²) in [6.45, 7) is 8.49. The highest BCUT2D eigenvalue weighted by atomic mass is 15.2. The number of likely N-dealkylation sites (N-methyl/N-ethyl adjacent to an activating group) is 1. The molecule has 0 saturated heterocycles. The minimum atomic E-state index is -0.153. The summed E-state index contributed by atoms with van der Waals surface area (Å²) in [5.74, 6) is 0. The van der Waals surface area contributed by atoms with Crippen molar-refractivity contribution in [3.63, 3.8) is 0 Å². The molecule has 3 nitrogen and oxygen atoms in total. The normalized spacial score (nSPS) is 17.8. The Morgan fingerprint density at radius 1 is 1.39 bits per heavy atom. The quantitative estimate of drug-likeness (QED) is 0.640. The average molecular weight is 251 g/mol. The molecule has 0 spiro atoms. The third-order valence-corrected chi connectivity index (χ3v) is 3.97. The lowest BCUT2D eigenvalue weighted by molar-refractivity contribution is 0.241. The summed E-state index contributed by atoms with van der Waals surface area (Å²) in [5, 5.41) is 12.4. The summed E-state index contributed by atoms with van der Waals surface area (Å²) in [6.07, 6.45) is 6.07. The minimum absolute atomic E-state index is 0.153. The van der Waals surface area contributed by atoms with Crippen LogP contribution in [-0.2, 0) is 0 Å². The van der Waals surface area contributed by atoms with Gasteiger partial charge >= 0.3 is 0 Å². The van der Waals surface area contributed by atoms with Crippen molar-refractivity contribution in [3.8, 4) is 6.07 Å². The summed E-state index contributed by atoms with van der Waals surface area (Å²) in [5.41, 5.74) is -0.153. The maximum absolute atomic E-state index is 8.92. The Kier molecular flexibility index (Phi) is 6.11. The zero-order valence-corrected chi connectivity index (χ0v) is 12.5. The van der Waals surface area contributed by atoms with Gasteiger partial charge in [-0.2, -0.15) is 5.26 Å². The van der Waals surface area contributed by atoms with E-state index in [0.29, 0.717) is 6.04 Å². The van der Waals surface area contributed by atoms with Gasteiger partial charge in [0, 0.05) is 18.6 Å². The molecule has 104 valence electrons. The van der Waals surface area contributed by atoms with Gasteiger partial charge in [0.05, 0.1) is 11.5 Å². The largest absolute Gasteiger partial charge is 0.315 e. The molecule has 0 aromatic heterocycles. The first-order chi connectivity index (χ1) is 8.46. The van der Waals surface area contributed by atoms with Crippen LogP contribution < -0.4 is 5.32 Å². The van der Waals surface area contributed by atoms with Crippen LogP contribution in [0, 0.1) is 16.7 Å². The number of rotatable bonds is 9. The minimum Gasteiger partial charge on any atom is -0.315 e. The van der Waals surface area contributed by atoms with E-state index in [1.165, 1.54) is 19.3 Å². The maximum Gasteiger partial charge on any atom is 0.0683 e. The van der Waals surface area contributed by atoms with E-state index >= 15 is 0 Å². The smallest absolute Gasteiger partial charge is 0.0683 e.